The highest BCUT2D eigenvalue weighted by atomic mass is 35.5. The number of aliphatic hydroxyl groups excluding tert-OH is 1. The molecule has 3 aromatic rings. The molecule has 4 amide bonds. The summed E-state index contributed by atoms with van der Waals surface area (Å²) >= 11 is 6.46. The lowest BCUT2D eigenvalue weighted by Gasteiger charge is -2.24. The summed E-state index contributed by atoms with van der Waals surface area (Å²) in [5.41, 5.74) is -1.64. The Morgan fingerprint density at radius 1 is 1.08 bits per heavy atom. The Labute approximate surface area is 280 Å². The Bertz CT molecular complexity index is 1820. The molecule has 3 saturated heterocycles. The topological polar surface area (TPSA) is 150 Å². The van der Waals surface area contributed by atoms with Crippen LogP contribution in [-0.4, -0.2) is 109 Å². The highest BCUT2D eigenvalue weighted by Gasteiger charge is 2.59. The third-order valence-electron chi connectivity index (χ3n) is 9.59. The van der Waals surface area contributed by atoms with Gasteiger partial charge in [0.25, 0.3) is 17.7 Å². The molecule has 4 fully saturated rings. The minimum Gasteiger partial charge on any atom is -0.390 e. The van der Waals surface area contributed by atoms with Gasteiger partial charge in [-0.25, -0.2) is 18.6 Å². The van der Waals surface area contributed by atoms with Crippen LogP contribution in [0, 0.1) is 11.8 Å². The zero-order valence-corrected chi connectivity index (χ0v) is 26.6. The molecule has 13 nitrogen and oxygen atoms in total. The number of urea groups is 1. The standard InChI is InChI=1S/C30H31ClF5N9O4/c1-42-21(18-13-45(23-5-29(23,32)33)41-24(18)30(34,35)36)7-38-25(42)26(47)39-16-2-3-17(19(31)4-16)27(48)43-9-14-11-44(12-15(14)10-43)28(49)40-20-6-37-8-22(20)46/h2-4,7,13-15,20,22-23,37,46H,5-6,8-12H2,1H3,(H,39,47)(H,40,49)/t14?,15?,20-,22-,23?/m1/s1. The van der Waals surface area contributed by atoms with E-state index in [1.807, 2.05) is 0 Å². The third-order valence-corrected chi connectivity index (χ3v) is 9.90. The highest BCUT2D eigenvalue weighted by Crippen LogP contribution is 2.53. The van der Waals surface area contributed by atoms with Crippen LogP contribution in [-0.2, 0) is 13.2 Å². The molecule has 3 unspecified atom stereocenters. The van der Waals surface area contributed by atoms with Crippen LogP contribution in [0.4, 0.5) is 32.4 Å². The van der Waals surface area contributed by atoms with Crippen LogP contribution in [0.2, 0.25) is 5.02 Å². The van der Waals surface area contributed by atoms with E-state index in [2.05, 4.69) is 26.0 Å². The second-order valence-electron chi connectivity index (χ2n) is 12.9. The molecule has 1 aliphatic carbocycles. The maximum absolute atomic E-state index is 13.8. The van der Waals surface area contributed by atoms with Crippen LogP contribution >= 0.6 is 11.6 Å². The minimum atomic E-state index is -4.95. The fourth-order valence-electron chi connectivity index (χ4n) is 6.82. The zero-order valence-electron chi connectivity index (χ0n) is 25.8. The number of alkyl halides is 5. The van der Waals surface area contributed by atoms with Crippen molar-refractivity contribution in [1.29, 1.82) is 0 Å². The number of hydrogen-bond acceptors (Lipinski definition) is 7. The number of nitrogens with zero attached hydrogens (tertiary/aromatic N) is 6. The minimum absolute atomic E-state index is 0.0595. The molecule has 2 aromatic heterocycles. The number of nitrogens with one attached hydrogen (secondary N) is 3. The first kappa shape index (κ1) is 33.2. The molecule has 0 bridgehead atoms. The maximum atomic E-state index is 13.8. The molecule has 19 heteroatoms. The molecule has 0 spiro atoms. The SMILES string of the molecule is Cn1c(-c2cn(C3CC3(F)F)nc2C(F)(F)F)cnc1C(=O)Nc1ccc(C(=O)N2CC3CN(C(=O)N[C@@H]4CNC[C@H]4O)CC3C2)c(Cl)c1. The average molecular weight is 712 g/mol. The fraction of sp³-hybridized carbons (Fsp3) is 0.500. The van der Waals surface area contributed by atoms with Crippen molar-refractivity contribution in [3.05, 3.63) is 52.7 Å². The molecule has 3 aliphatic heterocycles. The van der Waals surface area contributed by atoms with Gasteiger partial charge in [0.05, 0.1) is 40.2 Å². The van der Waals surface area contributed by atoms with Crippen molar-refractivity contribution in [3.8, 4) is 11.3 Å². The van der Waals surface area contributed by atoms with Crippen molar-refractivity contribution in [2.24, 2.45) is 18.9 Å². The van der Waals surface area contributed by atoms with E-state index >= 15 is 0 Å². The molecule has 262 valence electrons. The van der Waals surface area contributed by atoms with E-state index in [9.17, 15) is 41.4 Å². The van der Waals surface area contributed by atoms with Gasteiger partial charge in [0.15, 0.2) is 11.5 Å². The quantitative estimate of drug-likeness (QED) is 0.288. The molecule has 1 saturated carbocycles. The van der Waals surface area contributed by atoms with E-state index in [1.54, 1.807) is 9.80 Å². The lowest BCUT2D eigenvalue weighted by Crippen LogP contribution is -2.49. The van der Waals surface area contributed by atoms with Crippen molar-refractivity contribution in [2.75, 3.05) is 44.6 Å². The van der Waals surface area contributed by atoms with Crippen LogP contribution in [0.1, 0.15) is 39.1 Å². The number of hydrogen-bond donors (Lipinski definition) is 4. The second-order valence-corrected chi connectivity index (χ2v) is 13.3. The number of β-amino-alcohol motifs (C(OH)–C–C–N with tert-alkyl or cyclic N) is 1. The number of likely N-dealkylation sites (tertiary alicyclic amines) is 2. The Balaban J connectivity index is 0.987. The number of rotatable bonds is 6. The number of aromatic nitrogens is 4. The fourth-order valence-corrected chi connectivity index (χ4v) is 7.08. The van der Waals surface area contributed by atoms with Gasteiger partial charge in [0.2, 0.25) is 0 Å². The Hall–Kier alpha value is -4.29. The van der Waals surface area contributed by atoms with Crippen molar-refractivity contribution in [1.82, 2.24) is 39.8 Å². The molecule has 1 aromatic carbocycles. The lowest BCUT2D eigenvalue weighted by atomic mass is 10.0. The summed E-state index contributed by atoms with van der Waals surface area (Å²) in [6, 6.07) is 2.20. The van der Waals surface area contributed by atoms with Crippen LogP contribution in [0.5, 0.6) is 0 Å². The van der Waals surface area contributed by atoms with Gasteiger partial charge < -0.3 is 35.4 Å². The summed E-state index contributed by atoms with van der Waals surface area (Å²) in [4.78, 5) is 46.5. The third kappa shape index (κ3) is 6.20. The molecule has 4 aliphatic rings. The maximum Gasteiger partial charge on any atom is 0.435 e. The first-order chi connectivity index (χ1) is 23.1. The van der Waals surface area contributed by atoms with Gasteiger partial charge in [0, 0.05) is 76.5 Å². The van der Waals surface area contributed by atoms with Gasteiger partial charge in [-0.3, -0.25) is 14.3 Å². The summed E-state index contributed by atoms with van der Waals surface area (Å²) in [6.07, 6.45) is -4.31. The van der Waals surface area contributed by atoms with E-state index in [1.165, 1.54) is 25.2 Å². The number of carbonyl (C=O) groups is 3. The summed E-state index contributed by atoms with van der Waals surface area (Å²) in [6.45, 7) is 2.72. The van der Waals surface area contributed by atoms with E-state index < -0.39 is 47.8 Å². The van der Waals surface area contributed by atoms with E-state index in [4.69, 9.17) is 11.6 Å². The molecule has 49 heavy (non-hydrogen) atoms. The first-order valence-corrected chi connectivity index (χ1v) is 15.9. The molecular formula is C30H31ClF5N9O4. The number of carbonyl (C=O) groups excluding carboxylic acids is 3. The number of imidazole rings is 1. The van der Waals surface area contributed by atoms with Gasteiger partial charge in [-0.1, -0.05) is 11.6 Å². The smallest absolute Gasteiger partial charge is 0.390 e. The predicted octanol–water partition coefficient (Wildman–Crippen LogP) is 2.83. The summed E-state index contributed by atoms with van der Waals surface area (Å²) in [7, 11) is 1.31. The predicted molar refractivity (Wildman–Crippen MR) is 163 cm³/mol. The molecule has 5 atom stereocenters. The largest absolute Gasteiger partial charge is 0.435 e. The van der Waals surface area contributed by atoms with E-state index in [0.717, 1.165) is 17.0 Å². The van der Waals surface area contributed by atoms with Crippen molar-refractivity contribution in [2.45, 2.75) is 36.7 Å². The summed E-state index contributed by atoms with van der Waals surface area (Å²) in [5.74, 6) is -4.37. The van der Waals surface area contributed by atoms with Gasteiger partial charge in [-0.2, -0.15) is 18.3 Å². The van der Waals surface area contributed by atoms with Gasteiger partial charge in [0.1, 0.15) is 6.04 Å². The summed E-state index contributed by atoms with van der Waals surface area (Å²) in [5, 5.41) is 21.9. The average Bonchev–Trinajstić information content (AvgIpc) is 3.67. The molecule has 4 N–H and O–H groups in total. The molecule has 0 radical (unpaired) electrons. The summed E-state index contributed by atoms with van der Waals surface area (Å²) < 4.78 is 70.2. The van der Waals surface area contributed by atoms with Crippen LogP contribution in [0.25, 0.3) is 11.3 Å². The van der Waals surface area contributed by atoms with Crippen LogP contribution < -0.4 is 16.0 Å². The lowest BCUT2D eigenvalue weighted by molar-refractivity contribution is -0.141. The van der Waals surface area contributed by atoms with Gasteiger partial charge in [-0.05, 0) is 18.2 Å². The highest BCUT2D eigenvalue weighted by molar-refractivity contribution is 6.34. The number of fused-ring (bicyclic) bond motifs is 1. The normalized spacial score (nSPS) is 25.8. The van der Waals surface area contributed by atoms with Crippen molar-refractivity contribution < 1.29 is 41.4 Å². The molecular weight excluding hydrogens is 681 g/mol. The monoisotopic (exact) mass is 711 g/mol. The van der Waals surface area contributed by atoms with Crippen LogP contribution in [0.15, 0.2) is 30.6 Å². The number of halogens is 6. The Kier molecular flexibility index (Phi) is 8.10. The van der Waals surface area contributed by atoms with E-state index in [-0.39, 0.29) is 57.6 Å². The number of amides is 4. The number of anilines is 1. The van der Waals surface area contributed by atoms with Gasteiger partial charge in [-0.15, -0.1) is 0 Å². The Morgan fingerprint density at radius 2 is 1.76 bits per heavy atom. The van der Waals surface area contributed by atoms with Crippen molar-refractivity contribution >= 4 is 35.1 Å². The molecule has 5 heterocycles. The van der Waals surface area contributed by atoms with Crippen molar-refractivity contribution in [3.63, 3.8) is 0 Å². The number of benzene rings is 1. The second kappa shape index (κ2) is 11.9. The van der Waals surface area contributed by atoms with Crippen LogP contribution in [0.3, 0.4) is 0 Å². The van der Waals surface area contributed by atoms with E-state index in [0.29, 0.717) is 44.0 Å². The first-order valence-electron chi connectivity index (χ1n) is 15.5. The number of aliphatic hydroxyl groups is 1. The van der Waals surface area contributed by atoms with Gasteiger partial charge >= 0.3 is 12.2 Å². The zero-order chi connectivity index (χ0) is 35.0. The molecule has 7 rings (SSSR count). The Morgan fingerprint density at radius 3 is 2.35 bits per heavy atom.